The van der Waals surface area contributed by atoms with Crippen molar-refractivity contribution in [3.8, 4) is 0 Å². The fourth-order valence-corrected chi connectivity index (χ4v) is 3.10. The van der Waals surface area contributed by atoms with Gasteiger partial charge in [-0.15, -0.1) is 0 Å². The summed E-state index contributed by atoms with van der Waals surface area (Å²) in [6.07, 6.45) is 0. The molecule has 0 aliphatic rings. The Morgan fingerprint density at radius 2 is 1.87 bits per heavy atom. The Morgan fingerprint density at radius 3 is 2.61 bits per heavy atom. The van der Waals surface area contributed by atoms with Gasteiger partial charge >= 0.3 is 6.03 Å². The maximum atomic E-state index is 12.7. The molecule has 0 saturated carbocycles. The highest BCUT2D eigenvalue weighted by Gasteiger charge is 2.18. The van der Waals surface area contributed by atoms with Crippen molar-refractivity contribution in [2.75, 3.05) is 0 Å². The van der Waals surface area contributed by atoms with Crippen LogP contribution >= 0.6 is 0 Å². The van der Waals surface area contributed by atoms with Crippen molar-refractivity contribution in [3.05, 3.63) is 58.4 Å². The molecule has 114 valence electrons. The first-order chi connectivity index (χ1) is 11.1. The number of fused-ring (bicyclic) bond motifs is 5. The summed E-state index contributed by atoms with van der Waals surface area (Å²) in [7, 11) is 0. The number of nitrogens with two attached hydrogens (primary N) is 1. The normalized spacial score (nSPS) is 11.4. The molecule has 0 aliphatic carbocycles. The van der Waals surface area contributed by atoms with Crippen LogP contribution in [0.4, 0.5) is 4.79 Å². The number of aromatic nitrogens is 2. The standard InChI is InChI=1S/C17H14N4O2/c1-9-6-7-13-12(8-9)14-10-4-2-3-5-11(10)16(22)21(15(14)19-13)17(23)20-18/h2-8,19H,18H2,1H3,(H,20,23). The first kappa shape index (κ1) is 13.5. The van der Waals surface area contributed by atoms with Gasteiger partial charge in [-0.05, 0) is 30.5 Å². The lowest BCUT2D eigenvalue weighted by Crippen LogP contribution is -2.40. The molecule has 2 aromatic carbocycles. The maximum Gasteiger partial charge on any atom is 0.344 e. The minimum absolute atomic E-state index is 0.403. The number of rotatable bonds is 0. The second kappa shape index (κ2) is 4.69. The van der Waals surface area contributed by atoms with Crippen LogP contribution in [-0.2, 0) is 0 Å². The Labute approximate surface area is 130 Å². The quantitative estimate of drug-likeness (QED) is 0.264. The molecular weight excluding hydrogens is 292 g/mol. The maximum absolute atomic E-state index is 12.7. The monoisotopic (exact) mass is 306 g/mol. The predicted octanol–water partition coefficient (Wildman–Crippen LogP) is 2.38. The lowest BCUT2D eigenvalue weighted by Gasteiger charge is -2.08. The van der Waals surface area contributed by atoms with Gasteiger partial charge in [-0.2, -0.15) is 0 Å². The molecule has 0 bridgehead atoms. The van der Waals surface area contributed by atoms with Crippen molar-refractivity contribution in [1.82, 2.24) is 15.0 Å². The average Bonchev–Trinajstić information content (AvgIpc) is 2.93. The molecule has 2 aromatic heterocycles. The number of hydrogen-bond acceptors (Lipinski definition) is 3. The van der Waals surface area contributed by atoms with E-state index in [-0.39, 0.29) is 0 Å². The van der Waals surface area contributed by atoms with E-state index >= 15 is 0 Å². The van der Waals surface area contributed by atoms with Crippen LogP contribution in [0.15, 0.2) is 47.3 Å². The number of hydrazine groups is 1. The van der Waals surface area contributed by atoms with Crippen molar-refractivity contribution in [2.24, 2.45) is 5.84 Å². The van der Waals surface area contributed by atoms with Crippen LogP contribution in [0.2, 0.25) is 0 Å². The number of carbonyl (C=O) groups excluding carboxylic acids is 1. The Hall–Kier alpha value is -3.12. The summed E-state index contributed by atoms with van der Waals surface area (Å²) in [6, 6.07) is 12.5. The largest absolute Gasteiger partial charge is 0.344 e. The molecule has 4 rings (SSSR count). The number of nitrogen functional groups attached to an aromatic ring is 1. The first-order valence-corrected chi connectivity index (χ1v) is 7.18. The number of H-pyrrole nitrogens is 1. The number of aryl methyl sites for hydroxylation is 1. The minimum Gasteiger partial charge on any atom is -0.340 e. The Morgan fingerprint density at radius 1 is 1.13 bits per heavy atom. The second-order valence-corrected chi connectivity index (χ2v) is 5.53. The van der Waals surface area contributed by atoms with Crippen molar-refractivity contribution in [1.29, 1.82) is 0 Å². The van der Waals surface area contributed by atoms with E-state index in [2.05, 4.69) is 4.98 Å². The van der Waals surface area contributed by atoms with Gasteiger partial charge in [0, 0.05) is 21.7 Å². The molecule has 2 heterocycles. The van der Waals surface area contributed by atoms with Crippen LogP contribution in [0.3, 0.4) is 0 Å². The fraction of sp³-hybridized carbons (Fsp3) is 0.0588. The van der Waals surface area contributed by atoms with Gasteiger partial charge < -0.3 is 4.98 Å². The number of pyridine rings is 1. The molecule has 0 radical (unpaired) electrons. The van der Waals surface area contributed by atoms with E-state index < -0.39 is 11.6 Å². The van der Waals surface area contributed by atoms with Crippen molar-refractivity contribution >= 4 is 38.7 Å². The Balaban J connectivity index is 2.37. The average molecular weight is 306 g/mol. The summed E-state index contributed by atoms with van der Waals surface area (Å²) >= 11 is 0. The molecule has 23 heavy (non-hydrogen) atoms. The fourth-order valence-electron chi connectivity index (χ4n) is 3.10. The van der Waals surface area contributed by atoms with E-state index in [9.17, 15) is 9.59 Å². The van der Waals surface area contributed by atoms with E-state index in [1.807, 2.05) is 42.7 Å². The molecular formula is C17H14N4O2. The van der Waals surface area contributed by atoms with E-state index in [4.69, 9.17) is 5.84 Å². The second-order valence-electron chi connectivity index (χ2n) is 5.53. The molecule has 4 N–H and O–H groups in total. The molecule has 0 spiro atoms. The van der Waals surface area contributed by atoms with Crippen LogP contribution in [0.25, 0.3) is 32.7 Å². The zero-order chi connectivity index (χ0) is 16.1. The smallest absolute Gasteiger partial charge is 0.340 e. The lowest BCUT2D eigenvalue weighted by atomic mass is 10.1. The van der Waals surface area contributed by atoms with Gasteiger partial charge in [-0.25, -0.2) is 15.2 Å². The van der Waals surface area contributed by atoms with Crippen molar-refractivity contribution in [3.63, 3.8) is 0 Å². The highest BCUT2D eigenvalue weighted by atomic mass is 16.2. The van der Waals surface area contributed by atoms with E-state index in [1.165, 1.54) is 0 Å². The minimum atomic E-state index is -0.672. The number of hydrogen-bond donors (Lipinski definition) is 3. The Bertz CT molecular complexity index is 1150. The third kappa shape index (κ3) is 1.79. The number of aromatic amines is 1. The van der Waals surface area contributed by atoms with E-state index in [0.717, 1.165) is 31.8 Å². The first-order valence-electron chi connectivity index (χ1n) is 7.18. The number of nitrogens with zero attached hydrogens (tertiary/aromatic N) is 1. The summed E-state index contributed by atoms with van der Waals surface area (Å²) in [5, 5.41) is 3.09. The van der Waals surface area contributed by atoms with Gasteiger partial charge in [0.15, 0.2) is 0 Å². The molecule has 1 amide bonds. The zero-order valence-electron chi connectivity index (χ0n) is 12.4. The third-order valence-electron chi connectivity index (χ3n) is 4.11. The molecule has 4 aromatic rings. The zero-order valence-corrected chi connectivity index (χ0v) is 12.4. The van der Waals surface area contributed by atoms with Crippen LogP contribution in [0, 0.1) is 6.92 Å². The lowest BCUT2D eigenvalue weighted by molar-refractivity contribution is 0.243. The van der Waals surface area contributed by atoms with Crippen LogP contribution in [0.5, 0.6) is 0 Å². The van der Waals surface area contributed by atoms with Crippen molar-refractivity contribution in [2.45, 2.75) is 6.92 Å². The third-order valence-corrected chi connectivity index (χ3v) is 4.11. The molecule has 0 atom stereocenters. The summed E-state index contributed by atoms with van der Waals surface area (Å²) in [6.45, 7) is 2.00. The number of carbonyl (C=O) groups is 1. The predicted molar refractivity (Wildman–Crippen MR) is 90.4 cm³/mol. The molecule has 0 unspecified atom stereocenters. The van der Waals surface area contributed by atoms with Crippen molar-refractivity contribution < 1.29 is 4.79 Å². The van der Waals surface area contributed by atoms with Gasteiger partial charge in [-0.1, -0.05) is 29.8 Å². The molecule has 6 nitrogen and oxygen atoms in total. The number of amides is 1. The summed E-state index contributed by atoms with van der Waals surface area (Å²) in [4.78, 5) is 28.0. The van der Waals surface area contributed by atoms with E-state index in [1.54, 1.807) is 12.1 Å². The highest BCUT2D eigenvalue weighted by molar-refractivity contribution is 6.20. The van der Waals surface area contributed by atoms with E-state index in [0.29, 0.717) is 11.0 Å². The topological polar surface area (TPSA) is 92.9 Å². The van der Waals surface area contributed by atoms with Gasteiger partial charge in [0.05, 0.1) is 0 Å². The summed E-state index contributed by atoms with van der Waals surface area (Å²) in [5.41, 5.74) is 4.04. The van der Waals surface area contributed by atoms with Crippen LogP contribution in [-0.4, -0.2) is 15.6 Å². The molecule has 0 fully saturated rings. The number of nitrogens with one attached hydrogen (secondary N) is 2. The van der Waals surface area contributed by atoms with Gasteiger partial charge in [0.2, 0.25) is 0 Å². The van der Waals surface area contributed by atoms with Gasteiger partial charge in [-0.3, -0.25) is 10.2 Å². The van der Waals surface area contributed by atoms with Crippen LogP contribution in [0.1, 0.15) is 5.56 Å². The highest BCUT2D eigenvalue weighted by Crippen LogP contribution is 2.31. The van der Waals surface area contributed by atoms with Gasteiger partial charge in [0.25, 0.3) is 5.56 Å². The Kier molecular flexibility index (Phi) is 2.76. The summed E-state index contributed by atoms with van der Waals surface area (Å²) < 4.78 is 1.05. The number of benzene rings is 2. The molecule has 6 heteroatoms. The van der Waals surface area contributed by atoms with Gasteiger partial charge in [0.1, 0.15) is 5.65 Å². The summed E-state index contributed by atoms with van der Waals surface area (Å²) in [5.74, 6) is 5.25. The van der Waals surface area contributed by atoms with Crippen LogP contribution < -0.4 is 16.8 Å². The SMILES string of the molecule is Cc1ccc2[nH]c3c(c2c1)c1ccccc1c(=O)n3C(=O)NN. The molecule has 0 saturated heterocycles. The molecule has 0 aliphatic heterocycles.